The molecule has 0 amide bonds. The number of nitrogens with zero attached hydrogens (tertiary/aromatic N) is 1. The first kappa shape index (κ1) is 37.4. The van der Waals surface area contributed by atoms with Crippen LogP contribution in [-0.4, -0.2) is 41.7 Å². The highest BCUT2D eigenvalue weighted by atomic mass is 16.4. The third-order valence-corrected chi connectivity index (χ3v) is 8.26. The van der Waals surface area contributed by atoms with Gasteiger partial charge in [0.1, 0.15) is 6.04 Å². The van der Waals surface area contributed by atoms with Crippen molar-refractivity contribution in [1.82, 2.24) is 4.90 Å². The van der Waals surface area contributed by atoms with E-state index in [0.717, 1.165) is 45.2 Å². The predicted molar refractivity (Wildman–Crippen MR) is 168 cm³/mol. The molecule has 0 rings (SSSR count). The second kappa shape index (κ2) is 30.9. The standard InChI is InChI=1S/C34H70N2O2/c1-3-5-7-9-11-13-15-17-19-21-23-27-31-36(33(34(37)38)29-25-26-30-35)32-28-24-22-20-18-16-14-12-10-8-6-4-2/h33H,3-32,35H2,1-2H3,(H,37,38)/t33-/m0/s1. The van der Waals surface area contributed by atoms with Gasteiger partial charge in [0.25, 0.3) is 0 Å². The molecule has 0 aromatic carbocycles. The summed E-state index contributed by atoms with van der Waals surface area (Å²) < 4.78 is 0. The number of carbonyl (C=O) groups is 1. The first-order valence-electron chi connectivity index (χ1n) is 17.3. The zero-order valence-corrected chi connectivity index (χ0v) is 26.2. The van der Waals surface area contributed by atoms with E-state index in [4.69, 9.17) is 5.73 Å². The smallest absolute Gasteiger partial charge is 0.320 e. The average molecular weight is 539 g/mol. The number of carboxylic acids is 1. The maximum absolute atomic E-state index is 12.1. The molecule has 1 atom stereocenters. The van der Waals surface area contributed by atoms with Crippen LogP contribution in [0.25, 0.3) is 0 Å². The van der Waals surface area contributed by atoms with Gasteiger partial charge in [0.15, 0.2) is 0 Å². The number of aliphatic carboxylic acids is 1. The summed E-state index contributed by atoms with van der Waals surface area (Å²) in [6.07, 6.45) is 34.9. The van der Waals surface area contributed by atoms with E-state index in [1.165, 1.54) is 141 Å². The Balaban J connectivity index is 4.10. The van der Waals surface area contributed by atoms with Crippen molar-refractivity contribution < 1.29 is 9.90 Å². The molecule has 0 saturated heterocycles. The lowest BCUT2D eigenvalue weighted by Crippen LogP contribution is -2.42. The summed E-state index contributed by atoms with van der Waals surface area (Å²) in [4.78, 5) is 14.4. The van der Waals surface area contributed by atoms with Crippen molar-refractivity contribution in [2.75, 3.05) is 19.6 Å². The van der Waals surface area contributed by atoms with Crippen LogP contribution in [0.15, 0.2) is 0 Å². The Labute approximate surface area is 239 Å². The molecule has 0 aromatic rings. The van der Waals surface area contributed by atoms with Gasteiger partial charge in [-0.3, -0.25) is 9.69 Å². The average Bonchev–Trinajstić information content (AvgIpc) is 2.91. The first-order chi connectivity index (χ1) is 18.7. The quantitative estimate of drug-likeness (QED) is 0.0836. The van der Waals surface area contributed by atoms with Gasteiger partial charge in [-0.15, -0.1) is 0 Å². The Morgan fingerprint density at radius 1 is 0.526 bits per heavy atom. The molecule has 0 fully saturated rings. The fraction of sp³-hybridized carbons (Fsp3) is 0.971. The fourth-order valence-electron chi connectivity index (χ4n) is 5.68. The van der Waals surface area contributed by atoms with Gasteiger partial charge in [0.05, 0.1) is 0 Å². The predicted octanol–water partition coefficient (Wildman–Crippen LogP) is 10.3. The van der Waals surface area contributed by atoms with E-state index in [0.29, 0.717) is 6.54 Å². The molecule has 0 aliphatic heterocycles. The summed E-state index contributed by atoms with van der Waals surface area (Å²) in [5.74, 6) is -0.639. The Morgan fingerprint density at radius 2 is 0.842 bits per heavy atom. The number of hydrogen-bond donors (Lipinski definition) is 2. The minimum Gasteiger partial charge on any atom is -0.480 e. The van der Waals surface area contributed by atoms with E-state index < -0.39 is 5.97 Å². The topological polar surface area (TPSA) is 66.6 Å². The van der Waals surface area contributed by atoms with E-state index in [9.17, 15) is 9.90 Å². The highest BCUT2D eigenvalue weighted by Crippen LogP contribution is 2.17. The number of rotatable bonds is 32. The molecule has 0 heterocycles. The van der Waals surface area contributed by atoms with Crippen LogP contribution < -0.4 is 5.73 Å². The molecule has 228 valence electrons. The van der Waals surface area contributed by atoms with Gasteiger partial charge in [-0.1, -0.05) is 162 Å². The minimum atomic E-state index is -0.639. The number of carboxylic acid groups (broad SMARTS) is 1. The number of hydrogen-bond acceptors (Lipinski definition) is 3. The highest BCUT2D eigenvalue weighted by molar-refractivity contribution is 5.73. The van der Waals surface area contributed by atoms with Crippen LogP contribution >= 0.6 is 0 Å². The lowest BCUT2D eigenvalue weighted by molar-refractivity contribution is -0.143. The summed E-state index contributed by atoms with van der Waals surface area (Å²) in [6, 6.07) is -0.332. The van der Waals surface area contributed by atoms with E-state index in [1.807, 2.05) is 0 Å². The van der Waals surface area contributed by atoms with Gasteiger partial charge >= 0.3 is 5.97 Å². The first-order valence-corrected chi connectivity index (χ1v) is 17.3. The van der Waals surface area contributed by atoms with Crippen molar-refractivity contribution in [2.45, 2.75) is 193 Å². The molecule has 3 N–H and O–H groups in total. The monoisotopic (exact) mass is 539 g/mol. The third kappa shape index (κ3) is 25.7. The van der Waals surface area contributed by atoms with Crippen LogP contribution in [0.3, 0.4) is 0 Å². The molecular weight excluding hydrogens is 468 g/mol. The van der Waals surface area contributed by atoms with Crippen molar-refractivity contribution in [2.24, 2.45) is 5.73 Å². The summed E-state index contributed by atoms with van der Waals surface area (Å²) in [7, 11) is 0. The van der Waals surface area contributed by atoms with Crippen LogP contribution in [0.2, 0.25) is 0 Å². The number of nitrogens with two attached hydrogens (primary N) is 1. The molecule has 0 aliphatic carbocycles. The van der Waals surface area contributed by atoms with Gasteiger partial charge in [0, 0.05) is 0 Å². The summed E-state index contributed by atoms with van der Waals surface area (Å²) in [5, 5.41) is 9.95. The maximum Gasteiger partial charge on any atom is 0.320 e. The summed E-state index contributed by atoms with van der Waals surface area (Å²) in [5.41, 5.74) is 5.67. The van der Waals surface area contributed by atoms with Gasteiger partial charge in [-0.25, -0.2) is 0 Å². The van der Waals surface area contributed by atoms with Crippen LogP contribution in [-0.2, 0) is 4.79 Å². The van der Waals surface area contributed by atoms with Crippen LogP contribution in [0.1, 0.15) is 187 Å². The summed E-state index contributed by atoms with van der Waals surface area (Å²) in [6.45, 7) is 7.10. The molecule has 38 heavy (non-hydrogen) atoms. The largest absolute Gasteiger partial charge is 0.480 e. The highest BCUT2D eigenvalue weighted by Gasteiger charge is 2.24. The van der Waals surface area contributed by atoms with Gasteiger partial charge in [-0.05, 0) is 45.3 Å². The normalized spacial score (nSPS) is 12.4. The van der Waals surface area contributed by atoms with E-state index in [2.05, 4.69) is 18.7 Å². The minimum absolute atomic E-state index is 0.332. The fourth-order valence-corrected chi connectivity index (χ4v) is 5.68. The Morgan fingerprint density at radius 3 is 1.13 bits per heavy atom. The lowest BCUT2D eigenvalue weighted by Gasteiger charge is -2.29. The SMILES string of the molecule is CCCCCCCCCCCCCCN(CCCCCCCCCCCCCC)[C@@H](CCCCN)C(=O)O. The van der Waals surface area contributed by atoms with Crippen molar-refractivity contribution in [1.29, 1.82) is 0 Å². The van der Waals surface area contributed by atoms with E-state index in [1.54, 1.807) is 0 Å². The van der Waals surface area contributed by atoms with Gasteiger partial charge < -0.3 is 10.8 Å². The molecule has 0 aliphatic rings. The van der Waals surface area contributed by atoms with Gasteiger partial charge in [0.2, 0.25) is 0 Å². The second-order valence-corrected chi connectivity index (χ2v) is 12.0. The Bertz CT molecular complexity index is 443. The molecule has 4 nitrogen and oxygen atoms in total. The molecule has 0 spiro atoms. The molecule has 0 saturated carbocycles. The van der Waals surface area contributed by atoms with Crippen molar-refractivity contribution in [3.63, 3.8) is 0 Å². The van der Waals surface area contributed by atoms with E-state index >= 15 is 0 Å². The molecule has 0 aromatic heterocycles. The number of unbranched alkanes of at least 4 members (excludes halogenated alkanes) is 23. The van der Waals surface area contributed by atoms with Crippen LogP contribution in [0.5, 0.6) is 0 Å². The zero-order valence-electron chi connectivity index (χ0n) is 26.2. The van der Waals surface area contributed by atoms with Crippen molar-refractivity contribution in [3.05, 3.63) is 0 Å². The Hall–Kier alpha value is -0.610. The second-order valence-electron chi connectivity index (χ2n) is 12.0. The Kier molecular flexibility index (Phi) is 30.4. The van der Waals surface area contributed by atoms with Crippen LogP contribution in [0, 0.1) is 0 Å². The van der Waals surface area contributed by atoms with E-state index in [-0.39, 0.29) is 6.04 Å². The molecular formula is C34H70N2O2. The van der Waals surface area contributed by atoms with Crippen molar-refractivity contribution in [3.8, 4) is 0 Å². The van der Waals surface area contributed by atoms with Crippen LogP contribution in [0.4, 0.5) is 0 Å². The molecule has 0 radical (unpaired) electrons. The summed E-state index contributed by atoms with van der Waals surface area (Å²) >= 11 is 0. The molecule has 0 unspecified atom stereocenters. The molecule has 4 heteroatoms. The zero-order chi connectivity index (χ0) is 27.9. The maximum atomic E-state index is 12.1. The molecule has 0 bridgehead atoms. The third-order valence-electron chi connectivity index (χ3n) is 8.26. The van der Waals surface area contributed by atoms with Gasteiger partial charge in [-0.2, -0.15) is 0 Å². The van der Waals surface area contributed by atoms with Crippen molar-refractivity contribution >= 4 is 5.97 Å². The lowest BCUT2D eigenvalue weighted by atomic mass is 10.0.